The summed E-state index contributed by atoms with van der Waals surface area (Å²) in [6.07, 6.45) is 3.28. The molecule has 2 heteroatoms. The molecule has 0 amide bonds. The lowest BCUT2D eigenvalue weighted by molar-refractivity contribution is 0.490. The standard InChI is InChI=1S/C16H24N2/c1-11-8-12(2)15-13(9-11)14(10-18(15)5)16(3,4)6-7-17/h8-10H,6-7,17H2,1-5H3. The van der Waals surface area contributed by atoms with Gasteiger partial charge < -0.3 is 10.3 Å². The normalized spacial score (nSPS) is 12.3. The van der Waals surface area contributed by atoms with Crippen molar-refractivity contribution in [3.8, 4) is 0 Å². The first-order chi connectivity index (χ1) is 8.36. The van der Waals surface area contributed by atoms with E-state index in [1.807, 2.05) is 0 Å². The van der Waals surface area contributed by atoms with Crippen molar-refractivity contribution in [2.24, 2.45) is 12.8 Å². The number of aryl methyl sites for hydroxylation is 3. The van der Waals surface area contributed by atoms with Crippen LogP contribution >= 0.6 is 0 Å². The molecular formula is C16H24N2. The minimum Gasteiger partial charge on any atom is -0.350 e. The number of rotatable bonds is 3. The average Bonchev–Trinajstić information content (AvgIpc) is 2.56. The molecule has 2 aromatic rings. The maximum absolute atomic E-state index is 5.76. The highest BCUT2D eigenvalue weighted by atomic mass is 14.9. The van der Waals surface area contributed by atoms with E-state index in [4.69, 9.17) is 5.73 Å². The molecule has 98 valence electrons. The van der Waals surface area contributed by atoms with Gasteiger partial charge in [0, 0.05) is 18.6 Å². The van der Waals surface area contributed by atoms with Crippen LogP contribution in [0.15, 0.2) is 18.3 Å². The van der Waals surface area contributed by atoms with Crippen LogP contribution in [0, 0.1) is 13.8 Å². The molecule has 0 aliphatic rings. The van der Waals surface area contributed by atoms with Crippen molar-refractivity contribution in [1.82, 2.24) is 4.57 Å². The summed E-state index contributed by atoms with van der Waals surface area (Å²) in [6.45, 7) is 9.65. The van der Waals surface area contributed by atoms with Crippen LogP contribution in [0.5, 0.6) is 0 Å². The third-order valence-corrected chi connectivity index (χ3v) is 3.91. The average molecular weight is 244 g/mol. The van der Waals surface area contributed by atoms with Gasteiger partial charge in [0.15, 0.2) is 0 Å². The third kappa shape index (κ3) is 2.05. The Kier molecular flexibility index (Phi) is 3.24. The molecule has 0 spiro atoms. The van der Waals surface area contributed by atoms with E-state index in [0.717, 1.165) is 13.0 Å². The zero-order valence-corrected chi connectivity index (χ0v) is 12.2. The van der Waals surface area contributed by atoms with E-state index in [1.165, 1.54) is 27.6 Å². The van der Waals surface area contributed by atoms with Crippen LogP contribution in [0.3, 0.4) is 0 Å². The van der Waals surface area contributed by atoms with Gasteiger partial charge in [0.1, 0.15) is 0 Å². The van der Waals surface area contributed by atoms with Gasteiger partial charge in [0.2, 0.25) is 0 Å². The number of fused-ring (bicyclic) bond motifs is 1. The molecule has 0 unspecified atom stereocenters. The Morgan fingerprint density at radius 1 is 1.22 bits per heavy atom. The molecule has 0 fully saturated rings. The van der Waals surface area contributed by atoms with Crippen LogP contribution in [0.4, 0.5) is 0 Å². The number of hydrogen-bond acceptors (Lipinski definition) is 1. The molecule has 1 heterocycles. The van der Waals surface area contributed by atoms with Gasteiger partial charge in [0.25, 0.3) is 0 Å². The predicted octanol–water partition coefficient (Wildman–Crippen LogP) is 3.42. The molecule has 0 radical (unpaired) electrons. The Morgan fingerprint density at radius 2 is 1.89 bits per heavy atom. The first kappa shape index (κ1) is 13.2. The zero-order chi connectivity index (χ0) is 13.5. The summed E-state index contributed by atoms with van der Waals surface area (Å²) in [7, 11) is 2.13. The van der Waals surface area contributed by atoms with Crippen molar-refractivity contribution in [2.75, 3.05) is 6.54 Å². The summed E-state index contributed by atoms with van der Waals surface area (Å²) in [4.78, 5) is 0. The maximum atomic E-state index is 5.76. The summed E-state index contributed by atoms with van der Waals surface area (Å²) in [6, 6.07) is 4.55. The van der Waals surface area contributed by atoms with Crippen LogP contribution in [-0.2, 0) is 12.5 Å². The van der Waals surface area contributed by atoms with Crippen molar-refractivity contribution in [1.29, 1.82) is 0 Å². The fraction of sp³-hybridized carbons (Fsp3) is 0.500. The molecule has 2 N–H and O–H groups in total. The molecule has 0 aliphatic carbocycles. The molecule has 1 aromatic heterocycles. The van der Waals surface area contributed by atoms with Crippen LogP contribution in [-0.4, -0.2) is 11.1 Å². The van der Waals surface area contributed by atoms with Crippen molar-refractivity contribution >= 4 is 10.9 Å². The molecule has 0 bridgehead atoms. The molecule has 18 heavy (non-hydrogen) atoms. The zero-order valence-electron chi connectivity index (χ0n) is 12.2. The SMILES string of the molecule is Cc1cc(C)c2c(c1)c(C(C)(C)CCN)cn2C. The molecule has 0 aliphatic heterocycles. The van der Waals surface area contributed by atoms with Gasteiger partial charge in [-0.05, 0) is 49.4 Å². The fourth-order valence-electron chi connectivity index (χ4n) is 3.00. The molecule has 1 aromatic carbocycles. The highest BCUT2D eigenvalue weighted by Crippen LogP contribution is 2.35. The first-order valence-electron chi connectivity index (χ1n) is 6.63. The second-order valence-corrected chi connectivity index (χ2v) is 6.05. The third-order valence-electron chi connectivity index (χ3n) is 3.91. The quantitative estimate of drug-likeness (QED) is 0.881. The minimum atomic E-state index is 0.133. The topological polar surface area (TPSA) is 30.9 Å². The Labute approximate surface area is 110 Å². The van der Waals surface area contributed by atoms with E-state index in [-0.39, 0.29) is 5.41 Å². The number of benzene rings is 1. The summed E-state index contributed by atoms with van der Waals surface area (Å²) >= 11 is 0. The van der Waals surface area contributed by atoms with Crippen LogP contribution in [0.1, 0.15) is 37.0 Å². The lowest BCUT2D eigenvalue weighted by Gasteiger charge is -2.23. The molecule has 2 nitrogen and oxygen atoms in total. The highest BCUT2D eigenvalue weighted by molar-refractivity contribution is 5.88. The van der Waals surface area contributed by atoms with Gasteiger partial charge in [0.05, 0.1) is 5.52 Å². The Bertz CT molecular complexity index is 576. The number of aromatic nitrogens is 1. The lowest BCUT2D eigenvalue weighted by atomic mass is 9.81. The van der Waals surface area contributed by atoms with Crippen molar-refractivity contribution in [2.45, 2.75) is 39.5 Å². The van der Waals surface area contributed by atoms with Gasteiger partial charge >= 0.3 is 0 Å². The lowest BCUT2D eigenvalue weighted by Crippen LogP contribution is -2.21. The molecular weight excluding hydrogens is 220 g/mol. The van der Waals surface area contributed by atoms with Gasteiger partial charge in [-0.1, -0.05) is 25.5 Å². The van der Waals surface area contributed by atoms with Gasteiger partial charge in [-0.25, -0.2) is 0 Å². The van der Waals surface area contributed by atoms with E-state index in [9.17, 15) is 0 Å². The number of nitrogens with two attached hydrogens (primary N) is 1. The second-order valence-electron chi connectivity index (χ2n) is 6.05. The number of hydrogen-bond donors (Lipinski definition) is 1. The largest absolute Gasteiger partial charge is 0.350 e. The summed E-state index contributed by atoms with van der Waals surface area (Å²) in [5, 5.41) is 1.38. The van der Waals surface area contributed by atoms with Gasteiger partial charge in [-0.3, -0.25) is 0 Å². The van der Waals surface area contributed by atoms with Crippen molar-refractivity contribution in [3.63, 3.8) is 0 Å². The summed E-state index contributed by atoms with van der Waals surface area (Å²) < 4.78 is 2.25. The van der Waals surface area contributed by atoms with Crippen molar-refractivity contribution < 1.29 is 0 Å². The van der Waals surface area contributed by atoms with E-state index in [2.05, 4.69) is 57.6 Å². The van der Waals surface area contributed by atoms with Gasteiger partial charge in [-0.15, -0.1) is 0 Å². The Hall–Kier alpha value is -1.28. The molecule has 0 saturated heterocycles. The predicted molar refractivity (Wildman–Crippen MR) is 79.1 cm³/mol. The first-order valence-corrected chi connectivity index (χ1v) is 6.63. The molecule has 2 rings (SSSR count). The number of nitrogens with zero attached hydrogens (tertiary/aromatic N) is 1. The van der Waals surface area contributed by atoms with Crippen LogP contribution in [0.25, 0.3) is 10.9 Å². The van der Waals surface area contributed by atoms with Gasteiger partial charge in [-0.2, -0.15) is 0 Å². The summed E-state index contributed by atoms with van der Waals surface area (Å²) in [5.74, 6) is 0. The van der Waals surface area contributed by atoms with Crippen LogP contribution < -0.4 is 5.73 Å². The van der Waals surface area contributed by atoms with E-state index in [1.54, 1.807) is 0 Å². The monoisotopic (exact) mass is 244 g/mol. The Morgan fingerprint density at radius 3 is 2.50 bits per heavy atom. The Balaban J connectivity index is 2.73. The fourth-order valence-corrected chi connectivity index (χ4v) is 3.00. The van der Waals surface area contributed by atoms with Crippen molar-refractivity contribution in [3.05, 3.63) is 35.0 Å². The smallest absolute Gasteiger partial charge is 0.0510 e. The highest BCUT2D eigenvalue weighted by Gasteiger charge is 2.24. The molecule has 0 atom stereocenters. The maximum Gasteiger partial charge on any atom is 0.0510 e. The van der Waals surface area contributed by atoms with Crippen LogP contribution in [0.2, 0.25) is 0 Å². The van der Waals surface area contributed by atoms with E-state index >= 15 is 0 Å². The van der Waals surface area contributed by atoms with E-state index < -0.39 is 0 Å². The second kappa shape index (κ2) is 4.43. The van der Waals surface area contributed by atoms with E-state index in [0.29, 0.717) is 0 Å². The minimum absolute atomic E-state index is 0.133. The molecule has 0 saturated carbocycles. The summed E-state index contributed by atoms with van der Waals surface area (Å²) in [5.41, 5.74) is 11.3.